The molecule has 0 bridgehead atoms. The Morgan fingerprint density at radius 1 is 1.33 bits per heavy atom. The number of hydrogen-bond acceptors (Lipinski definition) is 1. The third-order valence-electron chi connectivity index (χ3n) is 3.50. The van der Waals surface area contributed by atoms with Gasteiger partial charge in [0.2, 0.25) is 0 Å². The highest BCUT2D eigenvalue weighted by Crippen LogP contribution is 2.58. The SMILES string of the molecule is CC(C)c1ccc(C2CC2(C)C#N)cc1. The third kappa shape index (κ3) is 1.77. The molecule has 0 N–H and O–H groups in total. The van der Waals surface area contributed by atoms with E-state index in [0.29, 0.717) is 11.8 Å². The molecule has 0 aliphatic heterocycles. The van der Waals surface area contributed by atoms with Crippen LogP contribution in [0.25, 0.3) is 0 Å². The van der Waals surface area contributed by atoms with E-state index in [9.17, 15) is 0 Å². The summed E-state index contributed by atoms with van der Waals surface area (Å²) < 4.78 is 0. The minimum atomic E-state index is -0.0979. The molecular formula is C14H17N. The van der Waals surface area contributed by atoms with Gasteiger partial charge in [-0.05, 0) is 30.4 Å². The van der Waals surface area contributed by atoms with E-state index in [1.54, 1.807) is 0 Å². The van der Waals surface area contributed by atoms with E-state index in [-0.39, 0.29) is 5.41 Å². The van der Waals surface area contributed by atoms with Crippen LogP contribution in [0, 0.1) is 16.7 Å². The molecule has 1 aromatic rings. The van der Waals surface area contributed by atoms with Crippen molar-refractivity contribution in [2.24, 2.45) is 5.41 Å². The van der Waals surface area contributed by atoms with E-state index in [4.69, 9.17) is 5.26 Å². The second-order valence-corrected chi connectivity index (χ2v) is 5.11. The molecule has 1 saturated carbocycles. The lowest BCUT2D eigenvalue weighted by molar-refractivity contribution is 0.727. The van der Waals surface area contributed by atoms with Gasteiger partial charge in [0.15, 0.2) is 0 Å². The molecule has 0 saturated heterocycles. The Hall–Kier alpha value is -1.29. The number of nitriles is 1. The summed E-state index contributed by atoms with van der Waals surface area (Å²) in [5.41, 5.74) is 2.60. The number of rotatable bonds is 2. The van der Waals surface area contributed by atoms with Crippen LogP contribution < -0.4 is 0 Å². The Morgan fingerprint density at radius 2 is 1.93 bits per heavy atom. The molecule has 1 nitrogen and oxygen atoms in total. The Bertz CT molecular complexity index is 396. The van der Waals surface area contributed by atoms with Crippen LogP contribution in [0.1, 0.15) is 50.2 Å². The smallest absolute Gasteiger partial charge is 0.0693 e. The molecular weight excluding hydrogens is 182 g/mol. The van der Waals surface area contributed by atoms with Crippen molar-refractivity contribution in [2.45, 2.75) is 39.0 Å². The standard InChI is InChI=1S/C14H17N/c1-10(2)11-4-6-12(7-5-11)13-8-14(13,3)9-15/h4-7,10,13H,8H2,1-3H3. The Balaban J connectivity index is 2.17. The predicted octanol–water partition coefficient (Wildman–Crippen LogP) is 3.83. The molecule has 1 aliphatic carbocycles. The van der Waals surface area contributed by atoms with Crippen LogP contribution in [-0.4, -0.2) is 0 Å². The van der Waals surface area contributed by atoms with E-state index in [1.807, 2.05) is 6.92 Å². The molecule has 2 rings (SSSR count). The number of benzene rings is 1. The quantitative estimate of drug-likeness (QED) is 0.710. The van der Waals surface area contributed by atoms with Crippen molar-refractivity contribution >= 4 is 0 Å². The minimum absolute atomic E-state index is 0.0979. The van der Waals surface area contributed by atoms with Crippen molar-refractivity contribution < 1.29 is 0 Å². The van der Waals surface area contributed by atoms with Crippen molar-refractivity contribution in [2.75, 3.05) is 0 Å². The van der Waals surface area contributed by atoms with Gasteiger partial charge >= 0.3 is 0 Å². The van der Waals surface area contributed by atoms with E-state index in [2.05, 4.69) is 44.2 Å². The summed E-state index contributed by atoms with van der Waals surface area (Å²) in [4.78, 5) is 0. The summed E-state index contributed by atoms with van der Waals surface area (Å²) >= 11 is 0. The molecule has 1 aliphatic rings. The van der Waals surface area contributed by atoms with Crippen molar-refractivity contribution in [1.82, 2.24) is 0 Å². The third-order valence-corrected chi connectivity index (χ3v) is 3.50. The first-order chi connectivity index (χ1) is 7.07. The highest BCUT2D eigenvalue weighted by atomic mass is 14.5. The first kappa shape index (κ1) is 10.2. The molecule has 0 spiro atoms. The van der Waals surface area contributed by atoms with Gasteiger partial charge in [-0.2, -0.15) is 5.26 Å². The van der Waals surface area contributed by atoms with Gasteiger partial charge in [0.05, 0.1) is 11.5 Å². The summed E-state index contributed by atoms with van der Waals surface area (Å²) in [6.45, 7) is 6.45. The van der Waals surface area contributed by atoms with Crippen molar-refractivity contribution in [3.8, 4) is 6.07 Å². The lowest BCUT2D eigenvalue weighted by Gasteiger charge is -2.07. The van der Waals surface area contributed by atoms with Gasteiger partial charge in [0, 0.05) is 5.92 Å². The van der Waals surface area contributed by atoms with Gasteiger partial charge < -0.3 is 0 Å². The van der Waals surface area contributed by atoms with E-state index in [0.717, 1.165) is 6.42 Å². The van der Waals surface area contributed by atoms with Crippen molar-refractivity contribution in [3.05, 3.63) is 35.4 Å². The van der Waals surface area contributed by atoms with Crippen LogP contribution in [0.4, 0.5) is 0 Å². The summed E-state index contributed by atoms with van der Waals surface area (Å²) in [5, 5.41) is 8.99. The molecule has 1 fully saturated rings. The molecule has 0 aromatic heterocycles. The summed E-state index contributed by atoms with van der Waals surface area (Å²) in [5.74, 6) is 1.05. The molecule has 2 unspecified atom stereocenters. The second kappa shape index (κ2) is 3.38. The lowest BCUT2D eigenvalue weighted by atomic mass is 9.98. The lowest BCUT2D eigenvalue weighted by Crippen LogP contribution is -1.93. The number of nitrogens with zero attached hydrogens (tertiary/aromatic N) is 1. The fourth-order valence-corrected chi connectivity index (χ4v) is 2.09. The van der Waals surface area contributed by atoms with Crippen LogP contribution >= 0.6 is 0 Å². The molecule has 0 amide bonds. The van der Waals surface area contributed by atoms with Crippen LogP contribution in [0.15, 0.2) is 24.3 Å². The largest absolute Gasteiger partial charge is 0.198 e. The van der Waals surface area contributed by atoms with Crippen LogP contribution in [0.2, 0.25) is 0 Å². The molecule has 15 heavy (non-hydrogen) atoms. The summed E-state index contributed by atoms with van der Waals surface area (Å²) in [6, 6.07) is 11.1. The van der Waals surface area contributed by atoms with Crippen molar-refractivity contribution in [1.29, 1.82) is 5.26 Å². The Kier molecular flexibility index (Phi) is 2.31. The maximum atomic E-state index is 8.99. The first-order valence-electron chi connectivity index (χ1n) is 5.58. The van der Waals surface area contributed by atoms with Gasteiger partial charge in [-0.15, -0.1) is 0 Å². The fourth-order valence-electron chi connectivity index (χ4n) is 2.09. The van der Waals surface area contributed by atoms with Crippen LogP contribution in [-0.2, 0) is 0 Å². The van der Waals surface area contributed by atoms with Crippen LogP contribution in [0.5, 0.6) is 0 Å². The van der Waals surface area contributed by atoms with Crippen LogP contribution in [0.3, 0.4) is 0 Å². The summed E-state index contributed by atoms with van der Waals surface area (Å²) in [7, 11) is 0. The normalized spacial score (nSPS) is 28.9. The molecule has 0 heterocycles. The highest BCUT2D eigenvalue weighted by Gasteiger charge is 2.51. The zero-order chi connectivity index (χ0) is 11.1. The summed E-state index contributed by atoms with van der Waals surface area (Å²) in [6.07, 6.45) is 1.02. The van der Waals surface area contributed by atoms with Gasteiger partial charge in [-0.1, -0.05) is 38.1 Å². The fraction of sp³-hybridized carbons (Fsp3) is 0.500. The zero-order valence-corrected chi connectivity index (χ0v) is 9.62. The van der Waals surface area contributed by atoms with E-state index in [1.165, 1.54) is 11.1 Å². The molecule has 2 atom stereocenters. The Morgan fingerprint density at radius 3 is 2.33 bits per heavy atom. The molecule has 78 valence electrons. The van der Waals surface area contributed by atoms with Gasteiger partial charge in [-0.25, -0.2) is 0 Å². The first-order valence-corrected chi connectivity index (χ1v) is 5.58. The van der Waals surface area contributed by atoms with E-state index < -0.39 is 0 Å². The van der Waals surface area contributed by atoms with Gasteiger partial charge in [0.25, 0.3) is 0 Å². The minimum Gasteiger partial charge on any atom is -0.198 e. The van der Waals surface area contributed by atoms with Crippen molar-refractivity contribution in [3.63, 3.8) is 0 Å². The molecule has 1 heteroatoms. The molecule has 0 radical (unpaired) electrons. The van der Waals surface area contributed by atoms with Gasteiger partial charge in [0.1, 0.15) is 0 Å². The average molecular weight is 199 g/mol. The second-order valence-electron chi connectivity index (χ2n) is 5.11. The Labute approximate surface area is 91.7 Å². The monoisotopic (exact) mass is 199 g/mol. The van der Waals surface area contributed by atoms with Gasteiger partial charge in [-0.3, -0.25) is 0 Å². The predicted molar refractivity (Wildman–Crippen MR) is 61.6 cm³/mol. The highest BCUT2D eigenvalue weighted by molar-refractivity contribution is 5.36. The molecule has 1 aromatic carbocycles. The topological polar surface area (TPSA) is 23.8 Å². The van der Waals surface area contributed by atoms with E-state index >= 15 is 0 Å². The number of hydrogen-bond donors (Lipinski definition) is 0. The zero-order valence-electron chi connectivity index (χ0n) is 9.62. The maximum absolute atomic E-state index is 8.99. The average Bonchev–Trinajstić information content (AvgIpc) is 2.92. The maximum Gasteiger partial charge on any atom is 0.0693 e.